The standard InChI is InChI=1S/C15H24N2O2/c1-10-8-13(19-6)11(2)7-12(10)17(5)14(18)15(3,4)9-16/h7-8H,9,16H2,1-6H3. The van der Waals surface area contributed by atoms with Crippen LogP contribution in [0.5, 0.6) is 5.75 Å². The molecule has 1 rings (SSSR count). The van der Waals surface area contributed by atoms with Crippen LogP contribution >= 0.6 is 0 Å². The third-order valence-electron chi connectivity index (χ3n) is 3.47. The molecule has 1 aromatic rings. The second kappa shape index (κ2) is 5.61. The van der Waals surface area contributed by atoms with Gasteiger partial charge in [-0.3, -0.25) is 4.79 Å². The minimum atomic E-state index is -0.560. The Labute approximate surface area is 115 Å². The van der Waals surface area contributed by atoms with E-state index in [4.69, 9.17) is 10.5 Å². The number of rotatable bonds is 4. The summed E-state index contributed by atoms with van der Waals surface area (Å²) in [7, 11) is 3.43. The molecule has 0 saturated carbocycles. The van der Waals surface area contributed by atoms with Gasteiger partial charge in [-0.2, -0.15) is 0 Å². The van der Waals surface area contributed by atoms with Crippen molar-refractivity contribution in [2.24, 2.45) is 11.1 Å². The molecule has 106 valence electrons. The molecule has 0 unspecified atom stereocenters. The minimum absolute atomic E-state index is 0.0164. The van der Waals surface area contributed by atoms with Crippen LogP contribution in [0.1, 0.15) is 25.0 Å². The maximum atomic E-state index is 12.4. The maximum absolute atomic E-state index is 12.4. The van der Waals surface area contributed by atoms with Gasteiger partial charge in [-0.25, -0.2) is 0 Å². The maximum Gasteiger partial charge on any atom is 0.233 e. The zero-order valence-electron chi connectivity index (χ0n) is 12.7. The number of ether oxygens (including phenoxy) is 1. The topological polar surface area (TPSA) is 55.6 Å². The van der Waals surface area contributed by atoms with Crippen molar-refractivity contribution < 1.29 is 9.53 Å². The Morgan fingerprint density at radius 2 is 1.89 bits per heavy atom. The zero-order valence-corrected chi connectivity index (χ0v) is 12.7. The van der Waals surface area contributed by atoms with Gasteiger partial charge in [-0.05, 0) is 51.0 Å². The van der Waals surface area contributed by atoms with Crippen molar-refractivity contribution in [2.75, 3.05) is 25.6 Å². The number of carbonyl (C=O) groups excluding carboxylic acids is 1. The highest BCUT2D eigenvalue weighted by Gasteiger charge is 2.30. The summed E-state index contributed by atoms with van der Waals surface area (Å²) >= 11 is 0. The van der Waals surface area contributed by atoms with Gasteiger partial charge in [-0.15, -0.1) is 0 Å². The highest BCUT2D eigenvalue weighted by Crippen LogP contribution is 2.30. The Bertz CT molecular complexity index is 481. The first-order chi connectivity index (χ1) is 8.74. The normalized spacial score (nSPS) is 11.3. The number of amides is 1. The number of anilines is 1. The van der Waals surface area contributed by atoms with Crippen LogP contribution in [0.2, 0.25) is 0 Å². The molecule has 0 aromatic heterocycles. The van der Waals surface area contributed by atoms with Crippen molar-refractivity contribution in [2.45, 2.75) is 27.7 Å². The Hall–Kier alpha value is -1.55. The fourth-order valence-electron chi connectivity index (χ4n) is 2.01. The highest BCUT2D eigenvalue weighted by molar-refractivity contribution is 5.97. The summed E-state index contributed by atoms with van der Waals surface area (Å²) in [6.45, 7) is 7.98. The molecule has 1 amide bonds. The average molecular weight is 264 g/mol. The number of aryl methyl sites for hydroxylation is 2. The summed E-state index contributed by atoms with van der Waals surface area (Å²) in [4.78, 5) is 14.1. The van der Waals surface area contributed by atoms with Crippen molar-refractivity contribution in [3.8, 4) is 5.75 Å². The minimum Gasteiger partial charge on any atom is -0.496 e. The predicted molar refractivity (Wildman–Crippen MR) is 78.7 cm³/mol. The lowest BCUT2D eigenvalue weighted by Crippen LogP contribution is -2.43. The van der Waals surface area contributed by atoms with Gasteiger partial charge < -0.3 is 15.4 Å². The molecule has 0 heterocycles. The van der Waals surface area contributed by atoms with Crippen molar-refractivity contribution in [1.82, 2.24) is 0 Å². The summed E-state index contributed by atoms with van der Waals surface area (Å²) in [6, 6.07) is 3.92. The van der Waals surface area contributed by atoms with Crippen molar-refractivity contribution >= 4 is 11.6 Å². The molecule has 4 nitrogen and oxygen atoms in total. The van der Waals surface area contributed by atoms with Crippen molar-refractivity contribution in [1.29, 1.82) is 0 Å². The molecule has 19 heavy (non-hydrogen) atoms. The number of hydrogen-bond donors (Lipinski definition) is 1. The largest absolute Gasteiger partial charge is 0.496 e. The van der Waals surface area contributed by atoms with Gasteiger partial charge in [0.05, 0.1) is 12.5 Å². The summed E-state index contributed by atoms with van der Waals surface area (Å²) in [5.74, 6) is 0.850. The second-order valence-electron chi connectivity index (χ2n) is 5.56. The van der Waals surface area contributed by atoms with Gasteiger partial charge in [-0.1, -0.05) is 0 Å². The van der Waals surface area contributed by atoms with Gasteiger partial charge in [0.2, 0.25) is 5.91 Å². The molecule has 0 saturated heterocycles. The Morgan fingerprint density at radius 1 is 1.32 bits per heavy atom. The van der Waals surface area contributed by atoms with Gasteiger partial charge >= 0.3 is 0 Å². The highest BCUT2D eigenvalue weighted by atomic mass is 16.5. The van der Waals surface area contributed by atoms with Crippen molar-refractivity contribution in [3.63, 3.8) is 0 Å². The molecule has 2 N–H and O–H groups in total. The van der Waals surface area contributed by atoms with Crippen LogP contribution in [0.3, 0.4) is 0 Å². The molecule has 0 spiro atoms. The lowest BCUT2D eigenvalue weighted by molar-refractivity contribution is -0.125. The van der Waals surface area contributed by atoms with E-state index in [2.05, 4.69) is 0 Å². The Morgan fingerprint density at radius 3 is 2.37 bits per heavy atom. The molecule has 0 aliphatic carbocycles. The van der Waals surface area contributed by atoms with E-state index in [1.54, 1.807) is 19.1 Å². The monoisotopic (exact) mass is 264 g/mol. The van der Waals surface area contributed by atoms with Gasteiger partial charge in [0.25, 0.3) is 0 Å². The summed E-state index contributed by atoms with van der Waals surface area (Å²) in [5.41, 5.74) is 8.02. The lowest BCUT2D eigenvalue weighted by atomic mass is 9.91. The molecule has 0 aliphatic rings. The van der Waals surface area contributed by atoms with Gasteiger partial charge in [0, 0.05) is 19.3 Å². The summed E-state index contributed by atoms with van der Waals surface area (Å²) in [5, 5.41) is 0. The zero-order chi connectivity index (χ0) is 14.8. The quantitative estimate of drug-likeness (QED) is 0.907. The van der Waals surface area contributed by atoms with E-state index in [1.807, 2.05) is 39.8 Å². The van der Waals surface area contributed by atoms with Crippen LogP contribution < -0.4 is 15.4 Å². The molecule has 0 aliphatic heterocycles. The van der Waals surface area contributed by atoms with Crippen molar-refractivity contribution in [3.05, 3.63) is 23.3 Å². The molecular weight excluding hydrogens is 240 g/mol. The second-order valence-corrected chi connectivity index (χ2v) is 5.56. The number of methoxy groups -OCH3 is 1. The molecule has 1 aromatic carbocycles. The smallest absolute Gasteiger partial charge is 0.233 e. The van der Waals surface area contributed by atoms with E-state index in [-0.39, 0.29) is 5.91 Å². The van der Waals surface area contributed by atoms with E-state index >= 15 is 0 Å². The SMILES string of the molecule is COc1cc(C)c(N(C)C(=O)C(C)(C)CN)cc1C. The Kier molecular flexibility index (Phi) is 4.58. The lowest BCUT2D eigenvalue weighted by Gasteiger charge is -2.29. The summed E-state index contributed by atoms with van der Waals surface area (Å²) in [6.07, 6.45) is 0. The number of nitrogens with two attached hydrogens (primary N) is 1. The first-order valence-electron chi connectivity index (χ1n) is 6.38. The molecule has 0 bridgehead atoms. The first kappa shape index (κ1) is 15.5. The molecule has 0 atom stereocenters. The van der Waals surface area contributed by atoms with Gasteiger partial charge in [0.15, 0.2) is 0 Å². The number of carbonyl (C=O) groups is 1. The summed E-state index contributed by atoms with van der Waals surface area (Å²) < 4.78 is 5.29. The average Bonchev–Trinajstić information content (AvgIpc) is 2.39. The molecule has 4 heteroatoms. The van der Waals surface area contributed by atoms with Crippen LogP contribution in [0.25, 0.3) is 0 Å². The first-order valence-corrected chi connectivity index (χ1v) is 6.38. The molecular formula is C15H24N2O2. The number of hydrogen-bond acceptors (Lipinski definition) is 3. The Balaban J connectivity index is 3.17. The molecule has 0 radical (unpaired) electrons. The van der Waals surface area contributed by atoms with Crippen LogP contribution in [0.4, 0.5) is 5.69 Å². The van der Waals surface area contributed by atoms with E-state index in [0.29, 0.717) is 6.54 Å². The number of nitrogens with zero attached hydrogens (tertiary/aromatic N) is 1. The number of benzene rings is 1. The van der Waals surface area contributed by atoms with Crippen LogP contribution in [0.15, 0.2) is 12.1 Å². The van der Waals surface area contributed by atoms with Gasteiger partial charge in [0.1, 0.15) is 5.75 Å². The van der Waals surface area contributed by atoms with Crippen LogP contribution in [-0.4, -0.2) is 26.6 Å². The van der Waals surface area contributed by atoms with E-state index in [1.165, 1.54) is 0 Å². The van der Waals surface area contributed by atoms with E-state index in [9.17, 15) is 4.79 Å². The van der Waals surface area contributed by atoms with Crippen LogP contribution in [0, 0.1) is 19.3 Å². The van der Waals surface area contributed by atoms with Crippen LogP contribution in [-0.2, 0) is 4.79 Å². The van der Waals surface area contributed by atoms with E-state index in [0.717, 1.165) is 22.6 Å². The third kappa shape index (κ3) is 3.07. The fraction of sp³-hybridized carbons (Fsp3) is 0.533. The molecule has 0 fully saturated rings. The van der Waals surface area contributed by atoms with E-state index < -0.39 is 5.41 Å². The third-order valence-corrected chi connectivity index (χ3v) is 3.47. The fourth-order valence-corrected chi connectivity index (χ4v) is 2.01. The predicted octanol–water partition coefficient (Wildman–Crippen LogP) is 2.26.